The van der Waals surface area contributed by atoms with E-state index in [1.165, 1.54) is 0 Å². The molecule has 2 rings (SSSR count). The third kappa shape index (κ3) is 3.25. The van der Waals surface area contributed by atoms with Gasteiger partial charge in [-0.05, 0) is 32.9 Å². The van der Waals surface area contributed by atoms with Crippen LogP contribution in [0.4, 0.5) is 4.79 Å². The van der Waals surface area contributed by atoms with E-state index >= 15 is 0 Å². The smallest absolute Gasteiger partial charge is 0.412 e. The Morgan fingerprint density at radius 2 is 2.30 bits per heavy atom. The second-order valence-corrected chi connectivity index (χ2v) is 5.77. The number of hydrogen-bond donors (Lipinski definition) is 1. The number of aliphatic hydroxyl groups is 1. The number of fused-ring (bicyclic) bond motifs is 1. The lowest BCUT2D eigenvalue weighted by Gasteiger charge is -2.44. The normalized spacial score (nSPS) is 22.0. The summed E-state index contributed by atoms with van der Waals surface area (Å²) >= 11 is 0. The molecule has 2 aliphatic heterocycles. The van der Waals surface area contributed by atoms with Crippen LogP contribution in [0.3, 0.4) is 0 Å². The minimum absolute atomic E-state index is 0.0102. The summed E-state index contributed by atoms with van der Waals surface area (Å²) in [6, 6.07) is 0. The van der Waals surface area contributed by atoms with Gasteiger partial charge in [0.1, 0.15) is 18.0 Å². The van der Waals surface area contributed by atoms with Gasteiger partial charge in [0.2, 0.25) is 0 Å². The average Bonchev–Trinajstić information content (AvgIpc) is 2.36. The first-order valence-electron chi connectivity index (χ1n) is 6.80. The second-order valence-electron chi connectivity index (χ2n) is 5.77. The van der Waals surface area contributed by atoms with E-state index in [0.717, 1.165) is 0 Å². The minimum Gasteiger partial charge on any atom is -0.492 e. The molecule has 1 fully saturated rings. The largest absolute Gasteiger partial charge is 0.492 e. The lowest BCUT2D eigenvalue weighted by atomic mass is 10.2. The summed E-state index contributed by atoms with van der Waals surface area (Å²) in [7, 11) is 0. The lowest BCUT2D eigenvalue weighted by molar-refractivity contribution is -0.0397. The molecule has 6 nitrogen and oxygen atoms in total. The fourth-order valence-corrected chi connectivity index (χ4v) is 2.24. The molecule has 1 saturated heterocycles. The number of amides is 1. The number of aliphatic hydroxyl groups excluding tert-OH is 1. The van der Waals surface area contributed by atoms with Crippen LogP contribution in [0.25, 0.3) is 0 Å². The molecule has 2 heterocycles. The van der Waals surface area contributed by atoms with Gasteiger partial charge in [0, 0.05) is 12.7 Å². The Morgan fingerprint density at radius 1 is 1.55 bits per heavy atom. The van der Waals surface area contributed by atoms with Crippen molar-refractivity contribution in [1.29, 1.82) is 0 Å². The lowest BCUT2D eigenvalue weighted by Crippen LogP contribution is -2.56. The van der Waals surface area contributed by atoms with Gasteiger partial charge in [-0.1, -0.05) is 0 Å². The summed E-state index contributed by atoms with van der Waals surface area (Å²) < 4.78 is 11.0. The van der Waals surface area contributed by atoms with E-state index in [0.29, 0.717) is 25.5 Å². The highest BCUT2D eigenvalue weighted by molar-refractivity contribution is 5.69. The van der Waals surface area contributed by atoms with Gasteiger partial charge < -0.3 is 19.5 Å². The van der Waals surface area contributed by atoms with Gasteiger partial charge in [-0.2, -0.15) is 0 Å². The third-order valence-electron chi connectivity index (χ3n) is 2.99. The quantitative estimate of drug-likeness (QED) is 0.827. The molecule has 0 radical (unpaired) electrons. The Balaban J connectivity index is 2.17. The SMILES string of the molecule is CC(C)(C)OC(=O)N1CCOC2=CC=CN(CCO)C21. The van der Waals surface area contributed by atoms with Crippen LogP contribution in [-0.4, -0.2) is 59.1 Å². The molecule has 1 atom stereocenters. The van der Waals surface area contributed by atoms with Crippen LogP contribution >= 0.6 is 0 Å². The maximum Gasteiger partial charge on any atom is 0.412 e. The molecule has 0 saturated carbocycles. The van der Waals surface area contributed by atoms with Gasteiger partial charge in [-0.15, -0.1) is 0 Å². The minimum atomic E-state index is -0.536. The number of carbonyl (C=O) groups excluding carboxylic acids is 1. The van der Waals surface area contributed by atoms with Crippen molar-refractivity contribution < 1.29 is 19.4 Å². The Labute approximate surface area is 119 Å². The summed E-state index contributed by atoms with van der Waals surface area (Å²) in [5.74, 6) is 0.707. The van der Waals surface area contributed by atoms with Crippen molar-refractivity contribution in [1.82, 2.24) is 9.80 Å². The number of ether oxygens (including phenoxy) is 2. The van der Waals surface area contributed by atoms with Crippen molar-refractivity contribution in [2.45, 2.75) is 32.5 Å². The van der Waals surface area contributed by atoms with Gasteiger partial charge in [-0.25, -0.2) is 4.79 Å². The van der Waals surface area contributed by atoms with Crippen LogP contribution in [0, 0.1) is 0 Å². The van der Waals surface area contributed by atoms with E-state index < -0.39 is 5.60 Å². The molecule has 1 N–H and O–H groups in total. The predicted molar refractivity (Wildman–Crippen MR) is 73.7 cm³/mol. The Hall–Kier alpha value is -1.69. The summed E-state index contributed by atoms with van der Waals surface area (Å²) in [5.41, 5.74) is -0.536. The second kappa shape index (κ2) is 5.75. The standard InChI is InChI=1S/C14H22N2O4/c1-14(2,3)20-13(18)16-8-10-19-11-5-4-6-15(7-9-17)12(11)16/h4-6,12,17H,7-10H2,1-3H3. The first-order valence-corrected chi connectivity index (χ1v) is 6.80. The van der Waals surface area contributed by atoms with Crippen LogP contribution in [0.15, 0.2) is 24.1 Å². The number of carbonyl (C=O) groups is 1. The molecular formula is C14H22N2O4. The molecule has 0 aromatic heterocycles. The van der Waals surface area contributed by atoms with E-state index in [1.54, 1.807) is 4.90 Å². The number of hydrogen-bond acceptors (Lipinski definition) is 5. The van der Waals surface area contributed by atoms with Crippen molar-refractivity contribution in [3.05, 3.63) is 24.1 Å². The molecule has 20 heavy (non-hydrogen) atoms. The van der Waals surface area contributed by atoms with E-state index in [1.807, 2.05) is 44.0 Å². The van der Waals surface area contributed by atoms with E-state index in [-0.39, 0.29) is 18.9 Å². The zero-order valence-corrected chi connectivity index (χ0v) is 12.2. The predicted octanol–water partition coefficient (Wildman–Crippen LogP) is 1.29. The topological polar surface area (TPSA) is 62.2 Å². The van der Waals surface area contributed by atoms with Crippen molar-refractivity contribution in [3.8, 4) is 0 Å². The zero-order valence-electron chi connectivity index (χ0n) is 12.2. The Morgan fingerprint density at radius 3 is 2.95 bits per heavy atom. The summed E-state index contributed by atoms with van der Waals surface area (Å²) in [6.45, 7) is 6.88. The number of β-amino-alcohol motifs (C(OH)–C–C–N with tert-alkyl or cyclic N) is 1. The Kier molecular flexibility index (Phi) is 4.23. The van der Waals surface area contributed by atoms with Gasteiger partial charge in [0.25, 0.3) is 0 Å². The molecular weight excluding hydrogens is 260 g/mol. The molecule has 1 amide bonds. The molecule has 0 spiro atoms. The van der Waals surface area contributed by atoms with Gasteiger partial charge in [0.15, 0.2) is 6.17 Å². The summed E-state index contributed by atoms with van der Waals surface area (Å²) in [5, 5.41) is 9.15. The number of morpholine rings is 1. The first-order chi connectivity index (χ1) is 9.42. The summed E-state index contributed by atoms with van der Waals surface area (Å²) in [6.07, 6.45) is 4.83. The molecule has 112 valence electrons. The van der Waals surface area contributed by atoms with E-state index in [4.69, 9.17) is 14.6 Å². The number of rotatable bonds is 2. The Bertz CT molecular complexity index is 425. The maximum atomic E-state index is 12.3. The molecule has 0 aromatic rings. The van der Waals surface area contributed by atoms with Crippen LogP contribution in [-0.2, 0) is 9.47 Å². The maximum absolute atomic E-state index is 12.3. The van der Waals surface area contributed by atoms with Crippen molar-refractivity contribution >= 4 is 6.09 Å². The van der Waals surface area contributed by atoms with Crippen LogP contribution in [0.5, 0.6) is 0 Å². The average molecular weight is 282 g/mol. The van der Waals surface area contributed by atoms with Crippen molar-refractivity contribution in [2.24, 2.45) is 0 Å². The monoisotopic (exact) mass is 282 g/mol. The molecule has 2 aliphatic rings. The van der Waals surface area contributed by atoms with Gasteiger partial charge in [-0.3, -0.25) is 4.90 Å². The highest BCUT2D eigenvalue weighted by Crippen LogP contribution is 2.26. The van der Waals surface area contributed by atoms with E-state index in [2.05, 4.69) is 0 Å². The van der Waals surface area contributed by atoms with Crippen LogP contribution in [0.2, 0.25) is 0 Å². The number of nitrogens with zero attached hydrogens (tertiary/aromatic N) is 2. The fraction of sp³-hybridized carbons (Fsp3) is 0.643. The first kappa shape index (κ1) is 14.7. The van der Waals surface area contributed by atoms with Crippen LogP contribution in [0.1, 0.15) is 20.8 Å². The highest BCUT2D eigenvalue weighted by atomic mass is 16.6. The zero-order chi connectivity index (χ0) is 14.8. The fourth-order valence-electron chi connectivity index (χ4n) is 2.24. The van der Waals surface area contributed by atoms with Gasteiger partial charge in [0.05, 0.1) is 13.2 Å². The van der Waals surface area contributed by atoms with E-state index in [9.17, 15) is 4.79 Å². The third-order valence-corrected chi connectivity index (χ3v) is 2.99. The number of allylic oxidation sites excluding steroid dienone is 2. The van der Waals surface area contributed by atoms with Crippen molar-refractivity contribution in [2.75, 3.05) is 26.3 Å². The molecule has 1 unspecified atom stereocenters. The van der Waals surface area contributed by atoms with Crippen LogP contribution < -0.4 is 0 Å². The highest BCUT2D eigenvalue weighted by Gasteiger charge is 2.38. The molecule has 0 aliphatic carbocycles. The molecule has 0 bridgehead atoms. The molecule has 0 aromatic carbocycles. The summed E-state index contributed by atoms with van der Waals surface area (Å²) in [4.78, 5) is 15.8. The van der Waals surface area contributed by atoms with Gasteiger partial charge >= 0.3 is 6.09 Å². The molecule has 6 heteroatoms. The van der Waals surface area contributed by atoms with Crippen molar-refractivity contribution in [3.63, 3.8) is 0 Å².